The molecule has 0 aliphatic carbocycles. The number of benzene rings is 1. The Balaban J connectivity index is 1.43. The van der Waals surface area contributed by atoms with Crippen molar-refractivity contribution in [1.82, 2.24) is 10.2 Å². The second kappa shape index (κ2) is 8.06. The zero-order valence-corrected chi connectivity index (χ0v) is 15.7. The Kier molecular flexibility index (Phi) is 5.36. The molecule has 0 saturated carbocycles. The van der Waals surface area contributed by atoms with Gasteiger partial charge in [0.15, 0.2) is 5.76 Å². The van der Waals surface area contributed by atoms with Crippen LogP contribution in [0.25, 0.3) is 11.3 Å². The highest BCUT2D eigenvalue weighted by atomic mass is 32.1. The van der Waals surface area contributed by atoms with Crippen molar-refractivity contribution < 1.29 is 13.6 Å². The van der Waals surface area contributed by atoms with Crippen molar-refractivity contribution >= 4 is 17.2 Å². The minimum Gasteiger partial charge on any atom is -0.451 e. The number of likely N-dealkylation sites (tertiary alicyclic amines) is 1. The summed E-state index contributed by atoms with van der Waals surface area (Å²) in [5.41, 5.74) is 0.740. The van der Waals surface area contributed by atoms with Crippen molar-refractivity contribution in [1.29, 1.82) is 0 Å². The van der Waals surface area contributed by atoms with Gasteiger partial charge in [-0.1, -0.05) is 6.07 Å². The number of hydrogen-bond acceptors (Lipinski definition) is 4. The molecule has 1 atom stereocenters. The summed E-state index contributed by atoms with van der Waals surface area (Å²) in [6, 6.07) is 13.8. The Morgan fingerprint density at radius 2 is 1.93 bits per heavy atom. The van der Waals surface area contributed by atoms with Gasteiger partial charge in [-0.3, -0.25) is 9.69 Å². The number of carbonyl (C=O) groups is 1. The lowest BCUT2D eigenvalue weighted by Gasteiger charge is -2.26. The van der Waals surface area contributed by atoms with Gasteiger partial charge in [-0.2, -0.15) is 0 Å². The highest BCUT2D eigenvalue weighted by Crippen LogP contribution is 2.28. The maximum atomic E-state index is 13.1. The fourth-order valence-corrected chi connectivity index (χ4v) is 4.31. The molecule has 1 aliphatic rings. The van der Waals surface area contributed by atoms with Crippen LogP contribution in [0, 0.1) is 5.82 Å². The van der Waals surface area contributed by atoms with Gasteiger partial charge in [-0.05, 0) is 73.8 Å². The zero-order valence-electron chi connectivity index (χ0n) is 14.9. The lowest BCUT2D eigenvalue weighted by molar-refractivity contribution is 0.0911. The van der Waals surface area contributed by atoms with Crippen molar-refractivity contribution in [3.05, 3.63) is 70.4 Å². The molecule has 1 saturated heterocycles. The van der Waals surface area contributed by atoms with Gasteiger partial charge in [-0.25, -0.2) is 4.39 Å². The highest BCUT2D eigenvalue weighted by molar-refractivity contribution is 7.10. The van der Waals surface area contributed by atoms with Crippen LogP contribution >= 0.6 is 11.3 Å². The predicted molar refractivity (Wildman–Crippen MR) is 104 cm³/mol. The first-order chi connectivity index (χ1) is 13.2. The number of thiophene rings is 1. The standard InChI is InChI=1S/C21H21FN2O2S/c22-16-7-5-15(6-8-16)18-9-10-19(26-18)21(25)23-14-17(20-4-3-13-27-20)24-11-1-2-12-24/h3-10,13,17H,1-2,11-12,14H2,(H,23,25)/t17-/m1/s1. The molecule has 0 unspecified atom stereocenters. The van der Waals surface area contributed by atoms with Crippen LogP contribution in [-0.2, 0) is 0 Å². The molecule has 2 aromatic heterocycles. The van der Waals surface area contributed by atoms with E-state index in [4.69, 9.17) is 4.42 Å². The molecular formula is C21H21FN2O2S. The molecule has 4 rings (SSSR count). The number of hydrogen-bond donors (Lipinski definition) is 1. The van der Waals surface area contributed by atoms with E-state index >= 15 is 0 Å². The molecule has 1 aromatic carbocycles. The zero-order chi connectivity index (χ0) is 18.6. The third-order valence-electron chi connectivity index (χ3n) is 4.87. The Labute approximate surface area is 161 Å². The highest BCUT2D eigenvalue weighted by Gasteiger charge is 2.25. The molecule has 1 amide bonds. The van der Waals surface area contributed by atoms with Gasteiger partial charge < -0.3 is 9.73 Å². The first-order valence-electron chi connectivity index (χ1n) is 9.12. The van der Waals surface area contributed by atoms with Gasteiger partial charge >= 0.3 is 0 Å². The fourth-order valence-electron chi connectivity index (χ4n) is 3.45. The van der Waals surface area contributed by atoms with Crippen LogP contribution in [-0.4, -0.2) is 30.4 Å². The maximum Gasteiger partial charge on any atom is 0.287 e. The van der Waals surface area contributed by atoms with E-state index in [1.807, 2.05) is 6.07 Å². The first-order valence-corrected chi connectivity index (χ1v) is 10.00. The van der Waals surface area contributed by atoms with Crippen molar-refractivity contribution in [2.75, 3.05) is 19.6 Å². The van der Waals surface area contributed by atoms with Crippen LogP contribution < -0.4 is 5.32 Å². The van der Waals surface area contributed by atoms with E-state index in [0.717, 1.165) is 18.7 Å². The van der Waals surface area contributed by atoms with E-state index in [0.29, 0.717) is 12.3 Å². The summed E-state index contributed by atoms with van der Waals surface area (Å²) < 4.78 is 18.7. The van der Waals surface area contributed by atoms with E-state index in [-0.39, 0.29) is 23.5 Å². The smallest absolute Gasteiger partial charge is 0.287 e. The Morgan fingerprint density at radius 1 is 1.15 bits per heavy atom. The molecule has 1 fully saturated rings. The van der Waals surface area contributed by atoms with Crippen LogP contribution in [0.3, 0.4) is 0 Å². The van der Waals surface area contributed by atoms with Crippen LogP contribution in [0.15, 0.2) is 58.3 Å². The molecule has 3 heterocycles. The topological polar surface area (TPSA) is 45.5 Å². The van der Waals surface area contributed by atoms with Gasteiger partial charge in [0.25, 0.3) is 5.91 Å². The number of rotatable bonds is 6. The molecule has 0 bridgehead atoms. The number of carbonyl (C=O) groups excluding carboxylic acids is 1. The number of nitrogens with one attached hydrogen (secondary N) is 1. The Bertz CT molecular complexity index is 883. The van der Waals surface area contributed by atoms with E-state index in [1.165, 1.54) is 29.9 Å². The molecule has 0 spiro atoms. The molecule has 3 aromatic rings. The third-order valence-corrected chi connectivity index (χ3v) is 5.84. The lowest BCUT2D eigenvalue weighted by atomic mass is 10.2. The first kappa shape index (κ1) is 17.9. The summed E-state index contributed by atoms with van der Waals surface area (Å²) >= 11 is 1.72. The second-order valence-corrected chi connectivity index (χ2v) is 7.63. The Hall–Kier alpha value is -2.44. The molecule has 4 nitrogen and oxygen atoms in total. The summed E-state index contributed by atoms with van der Waals surface area (Å²) in [7, 11) is 0. The normalized spacial score (nSPS) is 15.7. The quantitative estimate of drug-likeness (QED) is 0.669. The molecule has 0 radical (unpaired) electrons. The largest absolute Gasteiger partial charge is 0.451 e. The van der Waals surface area contributed by atoms with Crippen molar-refractivity contribution in [2.24, 2.45) is 0 Å². The number of furan rings is 1. The SMILES string of the molecule is O=C(NC[C@H](c1cccs1)N1CCCC1)c1ccc(-c2ccc(F)cc2)o1. The van der Waals surface area contributed by atoms with E-state index in [2.05, 4.69) is 21.7 Å². The van der Waals surface area contributed by atoms with Gasteiger partial charge in [0.05, 0.1) is 6.04 Å². The van der Waals surface area contributed by atoms with Crippen molar-refractivity contribution in [3.8, 4) is 11.3 Å². The minimum absolute atomic E-state index is 0.197. The predicted octanol–water partition coefficient (Wildman–Crippen LogP) is 4.71. The average Bonchev–Trinajstić information content (AvgIpc) is 3.44. The summed E-state index contributed by atoms with van der Waals surface area (Å²) in [5, 5.41) is 5.08. The number of amides is 1. The van der Waals surface area contributed by atoms with Crippen molar-refractivity contribution in [3.63, 3.8) is 0 Å². The number of nitrogens with zero attached hydrogens (tertiary/aromatic N) is 1. The minimum atomic E-state index is -0.301. The van der Waals surface area contributed by atoms with Gasteiger partial charge in [0.1, 0.15) is 11.6 Å². The average molecular weight is 384 g/mol. The summed E-state index contributed by atoms with van der Waals surface area (Å²) in [4.78, 5) is 16.2. The summed E-state index contributed by atoms with van der Waals surface area (Å²) in [6.07, 6.45) is 2.41. The Morgan fingerprint density at radius 3 is 2.63 bits per heavy atom. The van der Waals surface area contributed by atoms with Gasteiger partial charge in [0, 0.05) is 17.0 Å². The molecule has 140 valence electrons. The molecule has 27 heavy (non-hydrogen) atoms. The van der Waals surface area contributed by atoms with Crippen LogP contribution in [0.4, 0.5) is 4.39 Å². The molecule has 1 N–H and O–H groups in total. The molecule has 6 heteroatoms. The lowest BCUT2D eigenvalue weighted by Crippen LogP contribution is -2.36. The summed E-state index contributed by atoms with van der Waals surface area (Å²) in [6.45, 7) is 2.67. The van der Waals surface area contributed by atoms with E-state index in [9.17, 15) is 9.18 Å². The van der Waals surface area contributed by atoms with Crippen LogP contribution in [0.2, 0.25) is 0 Å². The molecule has 1 aliphatic heterocycles. The van der Waals surface area contributed by atoms with Gasteiger partial charge in [-0.15, -0.1) is 11.3 Å². The monoisotopic (exact) mass is 384 g/mol. The van der Waals surface area contributed by atoms with Crippen LogP contribution in [0.1, 0.15) is 34.3 Å². The fraction of sp³-hybridized carbons (Fsp3) is 0.286. The van der Waals surface area contributed by atoms with Gasteiger partial charge in [0.2, 0.25) is 0 Å². The number of halogens is 1. The third kappa shape index (κ3) is 4.12. The van der Waals surface area contributed by atoms with Crippen LogP contribution in [0.5, 0.6) is 0 Å². The second-order valence-electron chi connectivity index (χ2n) is 6.66. The van der Waals surface area contributed by atoms with E-state index < -0.39 is 0 Å². The maximum absolute atomic E-state index is 13.1. The van der Waals surface area contributed by atoms with E-state index in [1.54, 1.807) is 35.6 Å². The van der Waals surface area contributed by atoms with Crippen molar-refractivity contribution in [2.45, 2.75) is 18.9 Å². The molecular weight excluding hydrogens is 363 g/mol. The summed E-state index contributed by atoms with van der Waals surface area (Å²) in [5.74, 6) is 0.282.